The first-order chi connectivity index (χ1) is 9.67. The maximum Gasteiger partial charge on any atom is 0.170 e. The van der Waals surface area contributed by atoms with Gasteiger partial charge in [-0.25, -0.2) is 0 Å². The lowest BCUT2D eigenvalue weighted by atomic mass is 9.96. The van der Waals surface area contributed by atoms with Gasteiger partial charge in [0.15, 0.2) is 23.1 Å². The summed E-state index contributed by atoms with van der Waals surface area (Å²) in [5.74, 6) is 2.09. The zero-order valence-electron chi connectivity index (χ0n) is 11.1. The van der Waals surface area contributed by atoms with E-state index in [1.54, 1.807) is 25.3 Å². The molecule has 1 heterocycles. The number of aromatic nitrogens is 1. The Balaban J connectivity index is 1.99. The predicted octanol–water partition coefficient (Wildman–Crippen LogP) is 3.52. The highest BCUT2D eigenvalue weighted by Gasteiger charge is 2.22. The van der Waals surface area contributed by atoms with Crippen LogP contribution >= 0.6 is 11.6 Å². The Hall–Kier alpha value is -1.88. The van der Waals surface area contributed by atoms with Gasteiger partial charge in [0.25, 0.3) is 0 Å². The van der Waals surface area contributed by atoms with E-state index >= 15 is 0 Å². The smallest absolute Gasteiger partial charge is 0.170 e. The molecule has 1 saturated carbocycles. The van der Waals surface area contributed by atoms with Crippen LogP contribution in [0.2, 0.25) is 5.02 Å². The predicted molar refractivity (Wildman–Crippen MR) is 76.2 cm³/mol. The molecule has 0 amide bonds. The maximum atomic E-state index is 6.24. The van der Waals surface area contributed by atoms with Crippen LogP contribution in [0.1, 0.15) is 19.3 Å². The van der Waals surface area contributed by atoms with Gasteiger partial charge in [0.1, 0.15) is 0 Å². The van der Waals surface area contributed by atoms with Crippen molar-refractivity contribution in [2.24, 2.45) is 0 Å². The quantitative estimate of drug-likeness (QED) is 0.934. The van der Waals surface area contributed by atoms with Crippen LogP contribution in [-0.2, 0) is 0 Å². The van der Waals surface area contributed by atoms with E-state index in [0.717, 1.165) is 12.8 Å². The number of halogens is 1. The van der Waals surface area contributed by atoms with Crippen molar-refractivity contribution in [1.82, 2.24) is 5.16 Å². The third kappa shape index (κ3) is 2.41. The maximum absolute atomic E-state index is 6.24. The molecular weight excluding hydrogens is 280 g/mol. The normalized spacial score (nSPS) is 14.9. The Morgan fingerprint density at radius 2 is 2.10 bits per heavy atom. The average molecular weight is 295 g/mol. The molecule has 1 aromatic carbocycles. The second kappa shape index (κ2) is 5.25. The summed E-state index contributed by atoms with van der Waals surface area (Å²) in [5, 5.41) is 4.17. The Labute approximate surface area is 121 Å². The summed E-state index contributed by atoms with van der Waals surface area (Å²) < 4.78 is 16.4. The Bertz CT molecular complexity index is 623. The van der Waals surface area contributed by atoms with Gasteiger partial charge < -0.3 is 19.7 Å². The summed E-state index contributed by atoms with van der Waals surface area (Å²) in [6.07, 6.45) is 3.58. The number of nitrogens with two attached hydrogens (primary N) is 1. The number of nitrogens with zero attached hydrogens (tertiary/aromatic N) is 1. The van der Waals surface area contributed by atoms with Crippen LogP contribution in [0, 0.1) is 0 Å². The summed E-state index contributed by atoms with van der Waals surface area (Å²) in [6.45, 7) is 0. The molecule has 1 aromatic heterocycles. The van der Waals surface area contributed by atoms with E-state index in [9.17, 15) is 0 Å². The molecule has 20 heavy (non-hydrogen) atoms. The highest BCUT2D eigenvalue weighted by molar-refractivity contribution is 6.33. The van der Waals surface area contributed by atoms with Crippen molar-refractivity contribution in [3.63, 3.8) is 0 Å². The fourth-order valence-electron chi connectivity index (χ4n) is 2.06. The first kappa shape index (κ1) is 13.1. The fraction of sp³-hybridized carbons (Fsp3) is 0.357. The van der Waals surface area contributed by atoms with Crippen molar-refractivity contribution < 1.29 is 14.0 Å². The van der Waals surface area contributed by atoms with Crippen LogP contribution in [0.25, 0.3) is 11.3 Å². The first-order valence-corrected chi connectivity index (χ1v) is 6.82. The number of benzene rings is 1. The molecule has 5 nitrogen and oxygen atoms in total. The van der Waals surface area contributed by atoms with Gasteiger partial charge in [-0.15, -0.1) is 0 Å². The number of nitrogen functional groups attached to an aromatic ring is 1. The molecule has 2 aromatic rings. The van der Waals surface area contributed by atoms with Crippen molar-refractivity contribution in [2.45, 2.75) is 25.4 Å². The molecule has 0 spiro atoms. The summed E-state index contributed by atoms with van der Waals surface area (Å²) in [5.41, 5.74) is 6.25. The van der Waals surface area contributed by atoms with E-state index in [1.165, 1.54) is 6.42 Å². The van der Waals surface area contributed by atoms with Crippen LogP contribution in [0.4, 0.5) is 5.82 Å². The van der Waals surface area contributed by atoms with Crippen molar-refractivity contribution >= 4 is 17.4 Å². The molecule has 1 fully saturated rings. The highest BCUT2D eigenvalue weighted by atomic mass is 35.5. The lowest BCUT2D eigenvalue weighted by Crippen LogP contribution is -2.24. The monoisotopic (exact) mass is 294 g/mol. The number of ether oxygens (including phenoxy) is 2. The minimum Gasteiger partial charge on any atom is -0.493 e. The molecule has 0 radical (unpaired) electrons. The Morgan fingerprint density at radius 1 is 1.30 bits per heavy atom. The molecule has 106 valence electrons. The molecule has 1 aliphatic rings. The third-order valence-electron chi connectivity index (χ3n) is 3.39. The van der Waals surface area contributed by atoms with Crippen molar-refractivity contribution in [2.75, 3.05) is 12.8 Å². The number of rotatable bonds is 4. The van der Waals surface area contributed by atoms with Crippen LogP contribution in [0.5, 0.6) is 11.5 Å². The number of hydrogen-bond acceptors (Lipinski definition) is 5. The topological polar surface area (TPSA) is 70.5 Å². The van der Waals surface area contributed by atoms with Crippen molar-refractivity contribution in [3.05, 3.63) is 23.2 Å². The average Bonchev–Trinajstić information content (AvgIpc) is 2.81. The van der Waals surface area contributed by atoms with Gasteiger partial charge in [0, 0.05) is 17.7 Å². The largest absolute Gasteiger partial charge is 0.493 e. The number of methoxy groups -OCH3 is 1. The zero-order chi connectivity index (χ0) is 14.1. The minimum atomic E-state index is 0.248. The summed E-state index contributed by atoms with van der Waals surface area (Å²) in [7, 11) is 1.59. The highest BCUT2D eigenvalue weighted by Crippen LogP contribution is 2.40. The fourth-order valence-corrected chi connectivity index (χ4v) is 2.31. The van der Waals surface area contributed by atoms with E-state index in [1.807, 2.05) is 0 Å². The van der Waals surface area contributed by atoms with Crippen molar-refractivity contribution in [1.29, 1.82) is 0 Å². The Kier molecular flexibility index (Phi) is 3.44. The van der Waals surface area contributed by atoms with E-state index in [2.05, 4.69) is 5.16 Å². The van der Waals surface area contributed by atoms with Crippen molar-refractivity contribution in [3.8, 4) is 22.8 Å². The molecule has 0 bridgehead atoms. The number of anilines is 1. The lowest BCUT2D eigenvalue weighted by Gasteiger charge is -2.27. The number of hydrogen-bond donors (Lipinski definition) is 1. The molecule has 3 rings (SSSR count). The SMILES string of the molecule is COc1cc(Cl)c(-c2cc(N)no2)cc1OC1CCC1. The zero-order valence-corrected chi connectivity index (χ0v) is 11.8. The van der Waals surface area contributed by atoms with E-state index in [-0.39, 0.29) is 6.10 Å². The lowest BCUT2D eigenvalue weighted by molar-refractivity contribution is 0.116. The second-order valence-electron chi connectivity index (χ2n) is 4.77. The third-order valence-corrected chi connectivity index (χ3v) is 3.71. The van der Waals surface area contributed by atoms with Crippen LogP contribution in [0.3, 0.4) is 0 Å². The van der Waals surface area contributed by atoms with Gasteiger partial charge in [-0.3, -0.25) is 0 Å². The van der Waals surface area contributed by atoms with Gasteiger partial charge in [-0.2, -0.15) is 0 Å². The molecular formula is C14H15ClN2O3. The standard InChI is InChI=1S/C14H15ClN2O3/c1-18-12-6-10(15)9(11-7-14(16)17-20-11)5-13(12)19-8-3-2-4-8/h5-8H,2-4H2,1H3,(H2,16,17). The molecule has 2 N–H and O–H groups in total. The van der Waals surface area contributed by atoms with Gasteiger partial charge in [0.05, 0.1) is 18.2 Å². The molecule has 0 atom stereocenters. The van der Waals surface area contributed by atoms with Crippen LogP contribution in [0.15, 0.2) is 22.7 Å². The summed E-state index contributed by atoms with van der Waals surface area (Å²) in [4.78, 5) is 0. The van der Waals surface area contributed by atoms with Gasteiger partial charge >= 0.3 is 0 Å². The first-order valence-electron chi connectivity index (χ1n) is 6.44. The van der Waals surface area contributed by atoms with Crippen LogP contribution in [-0.4, -0.2) is 18.4 Å². The molecule has 0 saturated heterocycles. The molecule has 1 aliphatic carbocycles. The van der Waals surface area contributed by atoms with Gasteiger partial charge in [0.2, 0.25) is 0 Å². The van der Waals surface area contributed by atoms with Gasteiger partial charge in [-0.1, -0.05) is 16.8 Å². The summed E-state index contributed by atoms with van der Waals surface area (Å²) in [6, 6.07) is 5.14. The Morgan fingerprint density at radius 3 is 2.65 bits per heavy atom. The summed E-state index contributed by atoms with van der Waals surface area (Å²) >= 11 is 6.24. The molecule has 0 unspecified atom stereocenters. The minimum absolute atomic E-state index is 0.248. The second-order valence-corrected chi connectivity index (χ2v) is 5.18. The van der Waals surface area contributed by atoms with E-state index in [4.69, 9.17) is 31.3 Å². The molecule has 0 aliphatic heterocycles. The van der Waals surface area contributed by atoms with Gasteiger partial charge in [-0.05, 0) is 25.3 Å². The van der Waals surface area contributed by atoms with Crippen LogP contribution < -0.4 is 15.2 Å². The van der Waals surface area contributed by atoms with E-state index < -0.39 is 0 Å². The van der Waals surface area contributed by atoms with E-state index in [0.29, 0.717) is 33.7 Å². The molecule has 6 heteroatoms.